The van der Waals surface area contributed by atoms with Crippen molar-refractivity contribution in [3.8, 4) is 6.01 Å². The summed E-state index contributed by atoms with van der Waals surface area (Å²) in [5.41, 5.74) is 0.711. The molecule has 0 aliphatic carbocycles. The summed E-state index contributed by atoms with van der Waals surface area (Å²) in [6.07, 6.45) is 0. The van der Waals surface area contributed by atoms with Crippen molar-refractivity contribution in [1.29, 1.82) is 0 Å². The number of halogens is 2. The Morgan fingerprint density at radius 2 is 2.00 bits per heavy atom. The molecule has 1 heterocycles. The van der Waals surface area contributed by atoms with Crippen LogP contribution in [0.25, 0.3) is 0 Å². The molecule has 0 aliphatic rings. The molecule has 0 fully saturated rings. The first-order valence-electron chi connectivity index (χ1n) is 5.91. The van der Waals surface area contributed by atoms with Crippen LogP contribution in [0.2, 0.25) is 0 Å². The fraction of sp³-hybridized carbons (Fsp3) is 0.250. The van der Waals surface area contributed by atoms with Gasteiger partial charge in [-0.3, -0.25) is 0 Å². The van der Waals surface area contributed by atoms with Gasteiger partial charge in [0.1, 0.15) is 5.82 Å². The molecule has 1 aromatic carbocycles. The lowest BCUT2D eigenvalue weighted by Crippen LogP contribution is -2.07. The summed E-state index contributed by atoms with van der Waals surface area (Å²) in [4.78, 5) is 12.4. The van der Waals surface area contributed by atoms with Crippen LogP contribution in [0.5, 0.6) is 6.01 Å². The van der Waals surface area contributed by atoms with E-state index in [9.17, 15) is 4.39 Å². The second kappa shape index (κ2) is 6.64. The van der Waals surface area contributed by atoms with Gasteiger partial charge in [0.2, 0.25) is 11.9 Å². The summed E-state index contributed by atoms with van der Waals surface area (Å²) in [5.74, 6) is 0.432. The van der Waals surface area contributed by atoms with Crippen LogP contribution in [0.15, 0.2) is 18.2 Å². The number of aromatic nitrogens is 3. The van der Waals surface area contributed by atoms with Crippen LogP contribution in [-0.4, -0.2) is 28.6 Å². The minimum Gasteiger partial charge on any atom is -0.464 e. The molecule has 1 aromatic heterocycles. The van der Waals surface area contributed by atoms with Crippen LogP contribution in [0.1, 0.15) is 6.92 Å². The van der Waals surface area contributed by atoms with Gasteiger partial charge in [-0.25, -0.2) is 4.39 Å². The van der Waals surface area contributed by atoms with E-state index in [1.807, 2.05) is 29.5 Å². The highest BCUT2D eigenvalue weighted by Crippen LogP contribution is 2.22. The number of benzene rings is 1. The first kappa shape index (κ1) is 14.7. The maximum absolute atomic E-state index is 13.1. The topological polar surface area (TPSA) is 72.0 Å². The first-order chi connectivity index (χ1) is 9.62. The zero-order valence-corrected chi connectivity index (χ0v) is 13.1. The molecule has 6 nitrogen and oxygen atoms in total. The molecule has 0 aliphatic heterocycles. The molecule has 0 saturated carbocycles. The summed E-state index contributed by atoms with van der Waals surface area (Å²) in [7, 11) is 1.70. The average Bonchev–Trinajstić information content (AvgIpc) is 2.42. The molecular formula is C12H13FIN5O. The van der Waals surface area contributed by atoms with Crippen molar-refractivity contribution < 1.29 is 9.13 Å². The minimum absolute atomic E-state index is 0.228. The monoisotopic (exact) mass is 389 g/mol. The zero-order valence-electron chi connectivity index (χ0n) is 10.9. The van der Waals surface area contributed by atoms with Crippen molar-refractivity contribution >= 4 is 40.2 Å². The second-order valence-corrected chi connectivity index (χ2v) is 4.86. The highest BCUT2D eigenvalue weighted by atomic mass is 127. The zero-order chi connectivity index (χ0) is 14.5. The van der Waals surface area contributed by atoms with Crippen LogP contribution in [0.3, 0.4) is 0 Å². The van der Waals surface area contributed by atoms with Gasteiger partial charge >= 0.3 is 6.01 Å². The summed E-state index contributed by atoms with van der Waals surface area (Å²) in [5, 5.41) is 5.85. The van der Waals surface area contributed by atoms with Crippen molar-refractivity contribution in [2.75, 3.05) is 24.3 Å². The highest BCUT2D eigenvalue weighted by Gasteiger charge is 2.08. The Hall–Kier alpha value is -1.71. The third kappa shape index (κ3) is 3.65. The van der Waals surface area contributed by atoms with Crippen LogP contribution < -0.4 is 15.4 Å². The Kier molecular flexibility index (Phi) is 4.88. The molecular weight excluding hydrogens is 376 g/mol. The molecule has 2 aromatic rings. The van der Waals surface area contributed by atoms with Crippen LogP contribution >= 0.6 is 22.6 Å². The molecule has 0 radical (unpaired) electrons. The predicted molar refractivity (Wildman–Crippen MR) is 82.9 cm³/mol. The number of nitrogens with one attached hydrogen (secondary N) is 2. The number of ether oxygens (including phenoxy) is 1. The van der Waals surface area contributed by atoms with Gasteiger partial charge < -0.3 is 15.4 Å². The molecule has 0 amide bonds. The highest BCUT2D eigenvalue weighted by molar-refractivity contribution is 14.1. The number of nitrogens with zero attached hydrogens (tertiary/aromatic N) is 3. The van der Waals surface area contributed by atoms with Crippen LogP contribution in [0.4, 0.5) is 22.0 Å². The Morgan fingerprint density at radius 1 is 1.25 bits per heavy atom. The molecule has 0 unspecified atom stereocenters. The third-order valence-electron chi connectivity index (χ3n) is 2.29. The summed E-state index contributed by atoms with van der Waals surface area (Å²) in [6, 6.07) is 4.65. The van der Waals surface area contributed by atoms with Gasteiger partial charge in [-0.05, 0) is 47.7 Å². The second-order valence-electron chi connectivity index (χ2n) is 3.70. The van der Waals surface area contributed by atoms with E-state index in [1.54, 1.807) is 13.1 Å². The fourth-order valence-electron chi connectivity index (χ4n) is 1.43. The maximum atomic E-state index is 13.1. The van der Waals surface area contributed by atoms with Gasteiger partial charge in [0, 0.05) is 10.6 Å². The summed E-state index contributed by atoms with van der Waals surface area (Å²) in [6.45, 7) is 2.31. The van der Waals surface area contributed by atoms with Crippen molar-refractivity contribution in [2.24, 2.45) is 0 Å². The van der Waals surface area contributed by atoms with Crippen LogP contribution in [0, 0.1) is 9.39 Å². The van der Waals surface area contributed by atoms with E-state index in [0.29, 0.717) is 24.2 Å². The molecule has 0 bridgehead atoms. The van der Waals surface area contributed by atoms with Crippen molar-refractivity contribution in [3.63, 3.8) is 0 Å². The summed E-state index contributed by atoms with van der Waals surface area (Å²) < 4.78 is 19.1. The van der Waals surface area contributed by atoms with Gasteiger partial charge in [-0.1, -0.05) is 0 Å². The van der Waals surface area contributed by atoms with E-state index in [0.717, 1.165) is 3.57 Å². The Morgan fingerprint density at radius 3 is 2.65 bits per heavy atom. The number of hydrogen-bond donors (Lipinski definition) is 2. The average molecular weight is 389 g/mol. The standard InChI is InChI=1S/C12H13FIN5O/c1-3-20-12-18-10(15-2)17-11(19-12)16-9-5-4-7(13)6-8(9)14/h4-6H,3H2,1-2H3,(H2,15,16,17,18,19). The molecule has 0 spiro atoms. The first-order valence-corrected chi connectivity index (χ1v) is 6.99. The smallest absolute Gasteiger partial charge is 0.323 e. The SMILES string of the molecule is CCOc1nc(NC)nc(Nc2ccc(F)cc2I)n1. The molecule has 106 valence electrons. The molecule has 20 heavy (non-hydrogen) atoms. The van der Waals surface area contributed by atoms with Gasteiger partial charge in [0.15, 0.2) is 0 Å². The predicted octanol–water partition coefficient (Wildman–Crippen LogP) is 2.80. The lowest BCUT2D eigenvalue weighted by molar-refractivity contribution is 0.312. The maximum Gasteiger partial charge on any atom is 0.323 e. The molecule has 2 N–H and O–H groups in total. The van der Waals surface area contributed by atoms with E-state index in [-0.39, 0.29) is 11.8 Å². The van der Waals surface area contributed by atoms with Gasteiger partial charge in [-0.2, -0.15) is 15.0 Å². The third-order valence-corrected chi connectivity index (χ3v) is 3.18. The van der Waals surface area contributed by atoms with Gasteiger partial charge in [0.25, 0.3) is 0 Å². The van der Waals surface area contributed by atoms with E-state index in [2.05, 4.69) is 25.6 Å². The summed E-state index contributed by atoms with van der Waals surface area (Å²) >= 11 is 2.04. The normalized spacial score (nSPS) is 10.2. The van der Waals surface area contributed by atoms with Crippen molar-refractivity contribution in [1.82, 2.24) is 15.0 Å². The Balaban J connectivity index is 2.29. The van der Waals surface area contributed by atoms with Crippen molar-refractivity contribution in [3.05, 3.63) is 27.6 Å². The molecule has 2 rings (SSSR count). The Bertz CT molecular complexity index is 610. The van der Waals surface area contributed by atoms with E-state index in [4.69, 9.17) is 4.74 Å². The van der Waals surface area contributed by atoms with E-state index in [1.165, 1.54) is 12.1 Å². The lowest BCUT2D eigenvalue weighted by atomic mass is 10.3. The molecule has 8 heteroatoms. The quantitative estimate of drug-likeness (QED) is 0.767. The lowest BCUT2D eigenvalue weighted by Gasteiger charge is -2.09. The van der Waals surface area contributed by atoms with Gasteiger partial charge in [-0.15, -0.1) is 0 Å². The van der Waals surface area contributed by atoms with Crippen molar-refractivity contribution in [2.45, 2.75) is 6.92 Å². The van der Waals surface area contributed by atoms with E-state index >= 15 is 0 Å². The number of rotatable bonds is 5. The van der Waals surface area contributed by atoms with E-state index < -0.39 is 0 Å². The largest absolute Gasteiger partial charge is 0.464 e. The number of hydrogen-bond acceptors (Lipinski definition) is 6. The van der Waals surface area contributed by atoms with Gasteiger partial charge in [0.05, 0.1) is 12.3 Å². The fourth-order valence-corrected chi connectivity index (χ4v) is 2.04. The van der Waals surface area contributed by atoms with Crippen LogP contribution in [-0.2, 0) is 0 Å². The molecule has 0 atom stereocenters. The number of anilines is 3. The Labute approximate surface area is 129 Å². The minimum atomic E-state index is -0.290. The molecule has 0 saturated heterocycles.